The van der Waals surface area contributed by atoms with Crippen molar-refractivity contribution in [1.82, 2.24) is 10.2 Å². The third kappa shape index (κ3) is 9.04. The number of anilines is 1. The van der Waals surface area contributed by atoms with Crippen LogP contribution in [-0.4, -0.2) is 56.6 Å². The van der Waals surface area contributed by atoms with Crippen LogP contribution in [-0.2, 0) is 26.2 Å². The number of carbonyl (C=O) groups excluding carboxylic acids is 2. The number of nitrogens with zero attached hydrogens (tertiary/aromatic N) is 2. The average molecular weight is 546 g/mol. The minimum absolute atomic E-state index is 0.00111. The Morgan fingerprint density at radius 2 is 1.74 bits per heavy atom. The second-order valence-electron chi connectivity index (χ2n) is 9.59. The normalized spacial score (nSPS) is 12.9. The number of nitrogens with one attached hydrogen (secondary N) is 1. The first-order valence-corrected chi connectivity index (χ1v) is 15.2. The summed E-state index contributed by atoms with van der Waals surface area (Å²) in [5.74, 6) is 0.107. The third-order valence-electron chi connectivity index (χ3n) is 6.41. The van der Waals surface area contributed by atoms with Gasteiger partial charge >= 0.3 is 0 Å². The Bertz CT molecular complexity index is 1170. The van der Waals surface area contributed by atoms with Crippen LogP contribution < -0.4 is 14.4 Å². The van der Waals surface area contributed by atoms with E-state index in [9.17, 15) is 18.0 Å². The summed E-state index contributed by atoms with van der Waals surface area (Å²) in [7, 11) is -3.62. The molecule has 2 aromatic carbocycles. The predicted molar refractivity (Wildman–Crippen MR) is 153 cm³/mol. The lowest BCUT2D eigenvalue weighted by atomic mass is 10.1. The largest absolute Gasteiger partial charge is 0.492 e. The Morgan fingerprint density at radius 3 is 2.34 bits per heavy atom. The molecule has 210 valence electrons. The van der Waals surface area contributed by atoms with Crippen molar-refractivity contribution in [3.05, 3.63) is 59.7 Å². The SMILES string of the molecule is CCOc1ccccc1N(CCCC(=O)N(Cc1cccc(C)c1)[C@H](CC)C(=O)N[C@H](C)CC)S(C)(=O)=O. The molecule has 38 heavy (non-hydrogen) atoms. The van der Waals surface area contributed by atoms with Gasteiger partial charge in [0.2, 0.25) is 21.8 Å². The van der Waals surface area contributed by atoms with E-state index in [1.54, 1.807) is 29.2 Å². The fourth-order valence-electron chi connectivity index (χ4n) is 4.29. The summed E-state index contributed by atoms with van der Waals surface area (Å²) in [5, 5.41) is 3.01. The molecule has 0 unspecified atom stereocenters. The van der Waals surface area contributed by atoms with Gasteiger partial charge in [-0.15, -0.1) is 0 Å². The number of sulfonamides is 1. The Hall–Kier alpha value is -3.07. The van der Waals surface area contributed by atoms with Crippen LogP contribution in [0.25, 0.3) is 0 Å². The second kappa shape index (κ2) is 14.8. The molecule has 9 heteroatoms. The van der Waals surface area contributed by atoms with Gasteiger partial charge in [-0.2, -0.15) is 0 Å². The zero-order valence-corrected chi connectivity index (χ0v) is 24.4. The minimum Gasteiger partial charge on any atom is -0.492 e. The lowest BCUT2D eigenvalue weighted by Gasteiger charge is -2.32. The molecule has 0 aliphatic rings. The Labute approximate surface area is 228 Å². The summed E-state index contributed by atoms with van der Waals surface area (Å²) in [5.41, 5.74) is 2.46. The van der Waals surface area contributed by atoms with Gasteiger partial charge in [-0.1, -0.05) is 55.8 Å². The maximum Gasteiger partial charge on any atom is 0.243 e. The van der Waals surface area contributed by atoms with Crippen LogP contribution in [0.3, 0.4) is 0 Å². The van der Waals surface area contributed by atoms with Crippen molar-refractivity contribution in [2.75, 3.05) is 23.7 Å². The molecule has 2 atom stereocenters. The molecule has 1 N–H and O–H groups in total. The van der Waals surface area contributed by atoms with Gasteiger partial charge in [0, 0.05) is 25.6 Å². The fraction of sp³-hybridized carbons (Fsp3) is 0.517. The molecular weight excluding hydrogens is 502 g/mol. The summed E-state index contributed by atoms with van der Waals surface area (Å²) in [4.78, 5) is 28.4. The molecule has 2 aromatic rings. The summed E-state index contributed by atoms with van der Waals surface area (Å²) in [6, 6.07) is 14.2. The molecule has 0 fully saturated rings. The summed E-state index contributed by atoms with van der Waals surface area (Å²) in [6.07, 6.45) is 2.80. The maximum absolute atomic E-state index is 13.6. The van der Waals surface area contributed by atoms with Crippen LogP contribution in [0.15, 0.2) is 48.5 Å². The van der Waals surface area contributed by atoms with Gasteiger partial charge in [0.15, 0.2) is 0 Å². The van der Waals surface area contributed by atoms with Crippen molar-refractivity contribution in [3.63, 3.8) is 0 Å². The van der Waals surface area contributed by atoms with Crippen LogP contribution in [0.2, 0.25) is 0 Å². The van der Waals surface area contributed by atoms with E-state index in [-0.39, 0.29) is 30.8 Å². The molecule has 0 radical (unpaired) electrons. The van der Waals surface area contributed by atoms with Crippen LogP contribution in [0.1, 0.15) is 64.5 Å². The molecule has 0 bridgehead atoms. The van der Waals surface area contributed by atoms with Gasteiger partial charge in [0.25, 0.3) is 0 Å². The molecule has 8 nitrogen and oxygen atoms in total. The van der Waals surface area contributed by atoms with Gasteiger partial charge in [-0.3, -0.25) is 13.9 Å². The number of amides is 2. The van der Waals surface area contributed by atoms with Crippen LogP contribution in [0.4, 0.5) is 5.69 Å². The quantitative estimate of drug-likeness (QED) is 0.351. The van der Waals surface area contributed by atoms with E-state index in [0.717, 1.165) is 23.8 Å². The molecule has 0 saturated heterocycles. The van der Waals surface area contributed by atoms with Crippen molar-refractivity contribution in [1.29, 1.82) is 0 Å². The van der Waals surface area contributed by atoms with E-state index in [1.807, 2.05) is 58.9 Å². The summed E-state index contributed by atoms with van der Waals surface area (Å²) >= 11 is 0. The van der Waals surface area contributed by atoms with Gasteiger partial charge < -0.3 is 15.0 Å². The zero-order chi connectivity index (χ0) is 28.3. The number of hydrogen-bond acceptors (Lipinski definition) is 5. The van der Waals surface area contributed by atoms with Crippen molar-refractivity contribution < 1.29 is 22.7 Å². The lowest BCUT2D eigenvalue weighted by Crippen LogP contribution is -2.50. The van der Waals surface area contributed by atoms with Crippen LogP contribution >= 0.6 is 0 Å². The predicted octanol–water partition coefficient (Wildman–Crippen LogP) is 4.66. The standard InChI is InChI=1S/C29H43N3O5S/c1-7-23(5)30-29(34)25(8-2)31(21-24-15-12-14-22(4)20-24)28(33)18-13-19-32(38(6,35)36)26-16-10-11-17-27(26)37-9-3/h10-12,14-17,20,23,25H,7-9,13,18-19,21H2,1-6H3,(H,30,34)/t23-,25-/m1/s1. The molecule has 0 aliphatic carbocycles. The first kappa shape index (κ1) is 31.1. The van der Waals surface area contributed by atoms with Gasteiger partial charge in [-0.25, -0.2) is 8.42 Å². The van der Waals surface area contributed by atoms with Gasteiger partial charge in [-0.05, 0) is 57.7 Å². The first-order valence-electron chi connectivity index (χ1n) is 13.4. The van der Waals surface area contributed by atoms with E-state index in [0.29, 0.717) is 37.4 Å². The van der Waals surface area contributed by atoms with E-state index in [4.69, 9.17) is 4.74 Å². The molecule has 0 aromatic heterocycles. The van der Waals surface area contributed by atoms with Gasteiger partial charge in [0.1, 0.15) is 11.8 Å². The summed E-state index contributed by atoms with van der Waals surface area (Å²) < 4.78 is 32.3. The average Bonchev–Trinajstić information content (AvgIpc) is 2.86. The smallest absolute Gasteiger partial charge is 0.243 e. The molecule has 0 aliphatic heterocycles. The topological polar surface area (TPSA) is 96.0 Å². The highest BCUT2D eigenvalue weighted by molar-refractivity contribution is 7.92. The van der Waals surface area contributed by atoms with E-state index >= 15 is 0 Å². The summed E-state index contributed by atoms with van der Waals surface area (Å²) in [6.45, 7) is 10.5. The zero-order valence-electron chi connectivity index (χ0n) is 23.6. The number of aryl methyl sites for hydroxylation is 1. The Morgan fingerprint density at radius 1 is 1.03 bits per heavy atom. The minimum atomic E-state index is -3.62. The first-order chi connectivity index (χ1) is 18.0. The molecule has 0 heterocycles. The van der Waals surface area contributed by atoms with Crippen molar-refractivity contribution >= 4 is 27.5 Å². The van der Waals surface area contributed by atoms with Crippen LogP contribution in [0, 0.1) is 6.92 Å². The van der Waals surface area contributed by atoms with Crippen molar-refractivity contribution in [2.24, 2.45) is 0 Å². The number of carbonyl (C=O) groups is 2. The third-order valence-corrected chi connectivity index (χ3v) is 7.59. The van der Waals surface area contributed by atoms with E-state index in [2.05, 4.69) is 5.32 Å². The van der Waals surface area contributed by atoms with E-state index in [1.165, 1.54) is 4.31 Å². The highest BCUT2D eigenvalue weighted by atomic mass is 32.2. The second-order valence-corrected chi connectivity index (χ2v) is 11.5. The number of ether oxygens (including phenoxy) is 1. The fourth-order valence-corrected chi connectivity index (χ4v) is 5.26. The highest BCUT2D eigenvalue weighted by Gasteiger charge is 2.29. The van der Waals surface area contributed by atoms with Crippen molar-refractivity contribution in [3.8, 4) is 5.75 Å². The number of para-hydroxylation sites is 2. The molecule has 2 rings (SSSR count). The van der Waals surface area contributed by atoms with E-state index < -0.39 is 16.1 Å². The van der Waals surface area contributed by atoms with Crippen molar-refractivity contribution in [2.45, 2.75) is 78.9 Å². The number of rotatable bonds is 15. The molecular formula is C29H43N3O5S. The maximum atomic E-state index is 13.6. The monoisotopic (exact) mass is 545 g/mol. The lowest BCUT2D eigenvalue weighted by molar-refractivity contribution is -0.141. The van der Waals surface area contributed by atoms with Gasteiger partial charge in [0.05, 0.1) is 18.6 Å². The molecule has 2 amide bonds. The molecule has 0 spiro atoms. The highest BCUT2D eigenvalue weighted by Crippen LogP contribution is 2.30. The Kier molecular flexibility index (Phi) is 12.1. The van der Waals surface area contributed by atoms with Crippen LogP contribution in [0.5, 0.6) is 5.75 Å². The number of hydrogen-bond donors (Lipinski definition) is 1. The number of benzene rings is 2. The Balaban J connectivity index is 2.26. The molecule has 0 saturated carbocycles.